The van der Waals surface area contributed by atoms with Gasteiger partial charge in [-0.05, 0) is 18.1 Å². The number of quaternary nitrogens is 1. The molecule has 22 heavy (non-hydrogen) atoms. The number of ether oxygens (including phenoxy) is 1. The molecule has 2 bridgehead atoms. The van der Waals surface area contributed by atoms with Crippen LogP contribution in [0.1, 0.15) is 30.4 Å². The number of aromatic hydroxyl groups is 1. The number of hydrogen-bond acceptors (Lipinski definition) is 3. The van der Waals surface area contributed by atoms with Crippen molar-refractivity contribution in [1.82, 2.24) is 0 Å². The number of benzene rings is 1. The number of hydrogen-bond donors (Lipinski definition) is 1. The highest BCUT2D eigenvalue weighted by Crippen LogP contribution is 2.63. The zero-order chi connectivity index (χ0) is 15.3. The van der Waals surface area contributed by atoms with Gasteiger partial charge in [0.2, 0.25) is 0 Å². The predicted octanol–water partition coefficient (Wildman–Crippen LogP) is 1.77. The SMILES string of the molecule is C[N+]1(C)CC[C@@]23c4c5ccc(O)c4OC2C(=O)CCC3C1C5. The van der Waals surface area contributed by atoms with Gasteiger partial charge in [-0.2, -0.15) is 0 Å². The van der Waals surface area contributed by atoms with Crippen molar-refractivity contribution in [3.8, 4) is 11.5 Å². The van der Waals surface area contributed by atoms with Crippen molar-refractivity contribution in [2.75, 3.05) is 20.6 Å². The minimum atomic E-state index is -0.364. The maximum absolute atomic E-state index is 12.6. The van der Waals surface area contributed by atoms with Gasteiger partial charge in [0.05, 0.1) is 32.1 Å². The van der Waals surface area contributed by atoms with Gasteiger partial charge in [0.25, 0.3) is 0 Å². The first-order valence-electron chi connectivity index (χ1n) is 8.32. The van der Waals surface area contributed by atoms with Crippen LogP contribution in [0.25, 0.3) is 0 Å². The first-order chi connectivity index (χ1) is 10.4. The lowest BCUT2D eigenvalue weighted by molar-refractivity contribution is -0.927. The molecule has 4 aliphatic rings. The van der Waals surface area contributed by atoms with Gasteiger partial charge >= 0.3 is 0 Å². The molecule has 116 valence electrons. The Bertz CT molecular complexity index is 711. The Morgan fingerprint density at radius 2 is 2.18 bits per heavy atom. The van der Waals surface area contributed by atoms with Gasteiger partial charge in [0.1, 0.15) is 0 Å². The molecule has 1 saturated carbocycles. The van der Waals surface area contributed by atoms with Crippen LogP contribution >= 0.6 is 0 Å². The average molecular weight is 300 g/mol. The van der Waals surface area contributed by atoms with Crippen molar-refractivity contribution >= 4 is 5.78 Å². The standard InChI is InChI=1S/C18H21NO3/c1-19(2)8-7-18-11-4-6-14(21)17(18)22-16-13(20)5-3-10(15(16)18)9-12(11)19/h3,5,11-12,17H,4,6-9H2,1-2H3/p+1/t11?,12?,17?,18-/m1/s1. The normalized spacial score (nSPS) is 40.1. The summed E-state index contributed by atoms with van der Waals surface area (Å²) in [7, 11) is 4.65. The first-order valence-corrected chi connectivity index (χ1v) is 8.32. The molecule has 1 aromatic rings. The van der Waals surface area contributed by atoms with Crippen molar-refractivity contribution in [2.45, 2.75) is 43.2 Å². The Kier molecular flexibility index (Phi) is 2.16. The lowest BCUT2D eigenvalue weighted by Crippen LogP contribution is -2.70. The number of carbonyl (C=O) groups excluding carboxylic acids is 1. The molecule has 1 spiro atoms. The number of Topliss-reactive ketones (excluding diaryl/α,β-unsaturated/α-hetero) is 1. The number of piperidine rings is 1. The molecule has 2 fully saturated rings. The zero-order valence-corrected chi connectivity index (χ0v) is 13.1. The van der Waals surface area contributed by atoms with Crippen LogP contribution in [0.2, 0.25) is 0 Å². The summed E-state index contributed by atoms with van der Waals surface area (Å²) in [4.78, 5) is 12.6. The Morgan fingerprint density at radius 3 is 3.00 bits per heavy atom. The fourth-order valence-electron chi connectivity index (χ4n) is 5.90. The first kappa shape index (κ1) is 12.9. The summed E-state index contributed by atoms with van der Waals surface area (Å²) in [6.07, 6.45) is 3.25. The molecule has 3 unspecified atom stereocenters. The second-order valence-corrected chi connectivity index (χ2v) is 8.12. The number of likely N-dealkylation sites (tertiary alicyclic amines) is 1. The van der Waals surface area contributed by atoms with Crippen LogP contribution in [0.15, 0.2) is 12.1 Å². The minimum Gasteiger partial charge on any atom is -0.504 e. The smallest absolute Gasteiger partial charge is 0.174 e. The van der Waals surface area contributed by atoms with Crippen LogP contribution in [0, 0.1) is 5.92 Å². The minimum absolute atomic E-state index is 0.171. The fourth-order valence-corrected chi connectivity index (χ4v) is 5.90. The van der Waals surface area contributed by atoms with E-state index in [0.717, 1.165) is 30.3 Å². The zero-order valence-electron chi connectivity index (χ0n) is 13.1. The summed E-state index contributed by atoms with van der Waals surface area (Å²) in [5, 5.41) is 10.3. The van der Waals surface area contributed by atoms with Gasteiger partial charge in [0.15, 0.2) is 23.4 Å². The third-order valence-corrected chi connectivity index (χ3v) is 6.94. The number of phenols is 1. The number of likely N-dealkylation sites (N-methyl/N-ethyl adjacent to an activating group) is 1. The molecule has 1 saturated heterocycles. The molecule has 4 atom stereocenters. The summed E-state index contributed by atoms with van der Waals surface area (Å²) in [6, 6.07) is 4.34. The molecule has 0 radical (unpaired) electrons. The van der Waals surface area contributed by atoms with E-state index >= 15 is 0 Å². The summed E-state index contributed by atoms with van der Waals surface area (Å²) in [5.41, 5.74) is 2.29. The molecule has 0 amide bonds. The van der Waals surface area contributed by atoms with Crippen LogP contribution in [-0.2, 0) is 16.6 Å². The van der Waals surface area contributed by atoms with Gasteiger partial charge in [-0.1, -0.05) is 6.07 Å². The Hall–Kier alpha value is -1.55. The van der Waals surface area contributed by atoms with Crippen LogP contribution in [0.4, 0.5) is 0 Å². The van der Waals surface area contributed by atoms with Gasteiger partial charge in [-0.15, -0.1) is 0 Å². The van der Waals surface area contributed by atoms with Crippen molar-refractivity contribution in [2.24, 2.45) is 5.92 Å². The van der Waals surface area contributed by atoms with E-state index in [2.05, 4.69) is 20.2 Å². The van der Waals surface area contributed by atoms with Crippen LogP contribution in [0.5, 0.6) is 11.5 Å². The van der Waals surface area contributed by atoms with Crippen molar-refractivity contribution in [3.05, 3.63) is 23.3 Å². The van der Waals surface area contributed by atoms with Gasteiger partial charge in [-0.25, -0.2) is 0 Å². The molecule has 4 heteroatoms. The highest BCUT2D eigenvalue weighted by atomic mass is 16.5. The van der Waals surface area contributed by atoms with E-state index in [-0.39, 0.29) is 23.1 Å². The maximum Gasteiger partial charge on any atom is 0.174 e. The second kappa shape index (κ2) is 3.67. The van der Waals surface area contributed by atoms with Crippen molar-refractivity contribution in [1.29, 1.82) is 0 Å². The highest BCUT2D eigenvalue weighted by Gasteiger charge is 2.68. The monoisotopic (exact) mass is 300 g/mol. The van der Waals surface area contributed by atoms with Crippen LogP contribution in [-0.4, -0.2) is 48.2 Å². The molecule has 2 heterocycles. The third-order valence-electron chi connectivity index (χ3n) is 6.94. The third kappa shape index (κ3) is 1.23. The molecule has 4 nitrogen and oxygen atoms in total. The van der Waals surface area contributed by atoms with Crippen LogP contribution < -0.4 is 4.74 Å². The van der Waals surface area contributed by atoms with E-state index in [0.29, 0.717) is 24.1 Å². The summed E-state index contributed by atoms with van der Waals surface area (Å²) in [5.74, 6) is 1.53. The van der Waals surface area contributed by atoms with E-state index in [9.17, 15) is 9.90 Å². The van der Waals surface area contributed by atoms with E-state index < -0.39 is 0 Å². The average Bonchev–Trinajstić information content (AvgIpc) is 2.84. The molecule has 0 aromatic heterocycles. The van der Waals surface area contributed by atoms with Gasteiger partial charge in [-0.3, -0.25) is 4.79 Å². The summed E-state index contributed by atoms with van der Waals surface area (Å²) < 4.78 is 7.11. The van der Waals surface area contributed by atoms with E-state index in [1.165, 1.54) is 11.1 Å². The summed E-state index contributed by atoms with van der Waals surface area (Å²) in [6.45, 7) is 1.07. The largest absolute Gasteiger partial charge is 0.504 e. The Labute approximate surface area is 130 Å². The topological polar surface area (TPSA) is 46.5 Å². The number of phenolic OH excluding ortho intramolecular Hbond substituents is 1. The van der Waals surface area contributed by atoms with E-state index in [1.807, 2.05) is 0 Å². The predicted molar refractivity (Wildman–Crippen MR) is 81.0 cm³/mol. The quantitative estimate of drug-likeness (QED) is 0.743. The molecule has 1 N–H and O–H groups in total. The molecule has 5 rings (SSSR count). The Morgan fingerprint density at radius 1 is 1.36 bits per heavy atom. The molecule has 2 aliphatic heterocycles. The van der Waals surface area contributed by atoms with Crippen molar-refractivity contribution < 1.29 is 19.1 Å². The van der Waals surface area contributed by atoms with Gasteiger partial charge in [0, 0.05) is 30.7 Å². The summed E-state index contributed by atoms with van der Waals surface area (Å²) >= 11 is 0. The molecule has 2 aliphatic carbocycles. The second-order valence-electron chi connectivity index (χ2n) is 8.12. The Balaban J connectivity index is 1.83. The number of ketones is 1. The van der Waals surface area contributed by atoms with Gasteiger partial charge < -0.3 is 14.3 Å². The molecular weight excluding hydrogens is 278 g/mol. The fraction of sp³-hybridized carbons (Fsp3) is 0.611. The molecular formula is C18H22NO3+. The lowest BCUT2D eigenvalue weighted by atomic mass is 9.51. The van der Waals surface area contributed by atoms with Crippen molar-refractivity contribution in [3.63, 3.8) is 0 Å². The number of carbonyl (C=O) groups is 1. The van der Waals surface area contributed by atoms with E-state index in [1.54, 1.807) is 6.07 Å². The van der Waals surface area contributed by atoms with Crippen LogP contribution in [0.3, 0.4) is 0 Å². The number of nitrogens with zero attached hydrogens (tertiary/aromatic N) is 1. The highest BCUT2D eigenvalue weighted by molar-refractivity contribution is 5.89. The lowest BCUT2D eigenvalue weighted by Gasteiger charge is -2.59. The van der Waals surface area contributed by atoms with E-state index in [4.69, 9.17) is 4.74 Å². The molecule has 1 aromatic carbocycles. The number of rotatable bonds is 0. The maximum atomic E-state index is 12.6.